The highest BCUT2D eigenvalue weighted by atomic mass is 79.9. The Morgan fingerprint density at radius 2 is 1.81 bits per heavy atom. The number of ether oxygens (including phenoxy) is 1. The molecule has 0 aromatic heterocycles. The molecule has 0 heterocycles. The van der Waals surface area contributed by atoms with Gasteiger partial charge < -0.3 is 4.74 Å². The first-order chi connectivity index (χ1) is 12.8. The van der Waals surface area contributed by atoms with E-state index in [1.165, 1.54) is 24.3 Å². The first kappa shape index (κ1) is 20.3. The van der Waals surface area contributed by atoms with Crippen LogP contribution in [-0.4, -0.2) is 24.4 Å². The van der Waals surface area contributed by atoms with Crippen LogP contribution in [0.15, 0.2) is 53.0 Å². The number of esters is 1. The van der Waals surface area contributed by atoms with Gasteiger partial charge in [0.25, 0.3) is 11.8 Å². The molecule has 2 amide bonds. The van der Waals surface area contributed by atoms with Crippen molar-refractivity contribution in [3.05, 3.63) is 75.5 Å². The number of hydrogen-bond donors (Lipinski definition) is 2. The minimum atomic E-state index is -0.825. The van der Waals surface area contributed by atoms with Gasteiger partial charge in [-0.15, -0.1) is 0 Å². The van der Waals surface area contributed by atoms with Gasteiger partial charge in [-0.3, -0.25) is 20.4 Å². The maximum absolute atomic E-state index is 13.5. The predicted molar refractivity (Wildman–Crippen MR) is 101 cm³/mol. The zero-order valence-electron chi connectivity index (χ0n) is 14.3. The van der Waals surface area contributed by atoms with Crippen LogP contribution >= 0.6 is 15.9 Å². The largest absolute Gasteiger partial charge is 0.452 e. The van der Waals surface area contributed by atoms with E-state index in [0.29, 0.717) is 10.0 Å². The van der Waals surface area contributed by atoms with Gasteiger partial charge in [-0.25, -0.2) is 9.18 Å². The van der Waals surface area contributed by atoms with E-state index in [1.54, 1.807) is 24.3 Å². The molecule has 0 fully saturated rings. The van der Waals surface area contributed by atoms with E-state index < -0.39 is 30.2 Å². The molecule has 0 unspecified atom stereocenters. The fraction of sp³-hybridized carbons (Fsp3) is 0.105. The molecule has 2 rings (SSSR count). The number of carbonyl (C=O) groups is 3. The van der Waals surface area contributed by atoms with Gasteiger partial charge in [0.05, 0.1) is 0 Å². The van der Waals surface area contributed by atoms with E-state index in [0.717, 1.165) is 11.6 Å². The normalized spacial score (nSPS) is 10.5. The fourth-order valence-electron chi connectivity index (χ4n) is 1.92. The number of nitrogens with one attached hydrogen (secondary N) is 2. The van der Waals surface area contributed by atoms with Crippen molar-refractivity contribution in [3.63, 3.8) is 0 Å². The minimum absolute atomic E-state index is 0.191. The van der Waals surface area contributed by atoms with E-state index in [1.807, 2.05) is 6.92 Å². The van der Waals surface area contributed by atoms with Crippen LogP contribution in [0.1, 0.15) is 21.5 Å². The van der Waals surface area contributed by atoms with Crippen LogP contribution in [-0.2, 0) is 14.3 Å². The smallest absolute Gasteiger partial charge is 0.331 e. The molecule has 0 saturated carbocycles. The number of aryl methyl sites for hydroxylation is 1. The molecule has 0 aliphatic rings. The molecule has 0 aliphatic carbocycles. The molecule has 140 valence electrons. The summed E-state index contributed by atoms with van der Waals surface area (Å²) in [5.41, 5.74) is 5.91. The lowest BCUT2D eigenvalue weighted by atomic mass is 10.1. The van der Waals surface area contributed by atoms with Crippen LogP contribution in [0.5, 0.6) is 0 Å². The summed E-state index contributed by atoms with van der Waals surface area (Å²) < 4.78 is 18.9. The highest BCUT2D eigenvalue weighted by Gasteiger charge is 2.09. The molecule has 2 aromatic rings. The van der Waals surface area contributed by atoms with Crippen LogP contribution in [0, 0.1) is 12.7 Å². The SMILES string of the molecule is Cc1ccc(C(=O)NNC(=O)COC(=O)/C=C/c2cc(Br)ccc2F)cc1. The van der Waals surface area contributed by atoms with Gasteiger partial charge in [-0.05, 0) is 43.3 Å². The third-order valence-corrected chi connectivity index (χ3v) is 3.82. The molecule has 2 aromatic carbocycles. The summed E-state index contributed by atoms with van der Waals surface area (Å²) >= 11 is 3.20. The maximum atomic E-state index is 13.5. The predicted octanol–water partition coefficient (Wildman–Crippen LogP) is 2.91. The third kappa shape index (κ3) is 6.67. The molecule has 0 aliphatic heterocycles. The Kier molecular flexibility index (Phi) is 7.25. The van der Waals surface area contributed by atoms with Gasteiger partial charge in [0.2, 0.25) is 0 Å². The monoisotopic (exact) mass is 434 g/mol. The first-order valence-corrected chi connectivity index (χ1v) is 8.60. The minimum Gasteiger partial charge on any atom is -0.452 e. The Labute approximate surface area is 163 Å². The molecular formula is C19H16BrFN2O4. The lowest BCUT2D eigenvalue weighted by Crippen LogP contribution is -2.43. The Morgan fingerprint density at radius 3 is 2.52 bits per heavy atom. The lowest BCUT2D eigenvalue weighted by Gasteiger charge is -2.07. The van der Waals surface area contributed by atoms with Crippen LogP contribution in [0.25, 0.3) is 6.08 Å². The number of hydrazine groups is 1. The Bertz CT molecular complexity index is 882. The van der Waals surface area contributed by atoms with Crippen molar-refractivity contribution < 1.29 is 23.5 Å². The van der Waals surface area contributed by atoms with Crippen molar-refractivity contribution in [3.8, 4) is 0 Å². The second-order valence-electron chi connectivity index (χ2n) is 5.48. The standard InChI is InChI=1S/C19H16BrFN2O4/c1-12-2-4-13(5-3-12)19(26)23-22-17(24)11-27-18(25)9-6-14-10-15(20)7-8-16(14)21/h2-10H,11H2,1H3,(H,22,24)(H,23,26)/b9-6+. The van der Waals surface area contributed by atoms with E-state index in [-0.39, 0.29) is 5.56 Å². The van der Waals surface area contributed by atoms with Crippen LogP contribution in [0.2, 0.25) is 0 Å². The van der Waals surface area contributed by atoms with E-state index in [9.17, 15) is 18.8 Å². The van der Waals surface area contributed by atoms with Crippen LogP contribution in [0.4, 0.5) is 4.39 Å². The second-order valence-corrected chi connectivity index (χ2v) is 6.39. The average Bonchev–Trinajstić information content (AvgIpc) is 2.65. The molecule has 8 heteroatoms. The summed E-state index contributed by atoms with van der Waals surface area (Å²) in [4.78, 5) is 35.0. The average molecular weight is 435 g/mol. The van der Waals surface area contributed by atoms with Gasteiger partial charge in [0.1, 0.15) is 5.82 Å². The van der Waals surface area contributed by atoms with Gasteiger partial charge in [-0.1, -0.05) is 33.6 Å². The van der Waals surface area contributed by atoms with E-state index in [4.69, 9.17) is 4.74 Å². The summed E-state index contributed by atoms with van der Waals surface area (Å²) in [5.74, 6) is -2.54. The Morgan fingerprint density at radius 1 is 1.11 bits per heavy atom. The third-order valence-electron chi connectivity index (χ3n) is 3.33. The highest BCUT2D eigenvalue weighted by Crippen LogP contribution is 2.16. The molecule has 0 bridgehead atoms. The summed E-state index contributed by atoms with van der Waals surface area (Å²) in [6.45, 7) is 1.29. The number of halogens is 2. The number of hydrogen-bond acceptors (Lipinski definition) is 4. The highest BCUT2D eigenvalue weighted by molar-refractivity contribution is 9.10. The van der Waals surface area contributed by atoms with Crippen LogP contribution < -0.4 is 10.9 Å². The molecule has 0 atom stereocenters. The summed E-state index contributed by atoms with van der Waals surface area (Å²) in [5, 5.41) is 0. The van der Waals surface area contributed by atoms with Crippen LogP contribution in [0.3, 0.4) is 0 Å². The number of benzene rings is 2. The maximum Gasteiger partial charge on any atom is 0.331 e. The van der Waals surface area contributed by atoms with E-state index >= 15 is 0 Å². The zero-order chi connectivity index (χ0) is 19.8. The lowest BCUT2D eigenvalue weighted by molar-refractivity contribution is -0.144. The molecule has 27 heavy (non-hydrogen) atoms. The molecule has 2 N–H and O–H groups in total. The fourth-order valence-corrected chi connectivity index (χ4v) is 2.30. The van der Waals surface area contributed by atoms with E-state index in [2.05, 4.69) is 26.8 Å². The second kappa shape index (κ2) is 9.63. The summed E-state index contributed by atoms with van der Waals surface area (Å²) in [6.07, 6.45) is 2.24. The topological polar surface area (TPSA) is 84.5 Å². The summed E-state index contributed by atoms with van der Waals surface area (Å²) in [7, 11) is 0. The molecular weight excluding hydrogens is 419 g/mol. The number of amides is 2. The quantitative estimate of drug-likeness (QED) is 0.430. The van der Waals surface area contributed by atoms with Gasteiger partial charge in [0, 0.05) is 21.7 Å². The number of rotatable bonds is 5. The van der Waals surface area contributed by atoms with Crippen molar-refractivity contribution in [1.82, 2.24) is 10.9 Å². The Hall–Kier alpha value is -3.00. The summed E-state index contributed by atoms with van der Waals surface area (Å²) in [6, 6.07) is 11.0. The number of carbonyl (C=O) groups excluding carboxylic acids is 3. The zero-order valence-corrected chi connectivity index (χ0v) is 15.9. The van der Waals surface area contributed by atoms with Gasteiger partial charge in [0.15, 0.2) is 6.61 Å². The molecule has 0 radical (unpaired) electrons. The van der Waals surface area contributed by atoms with Gasteiger partial charge >= 0.3 is 5.97 Å². The molecule has 0 spiro atoms. The molecule has 6 nitrogen and oxygen atoms in total. The first-order valence-electron chi connectivity index (χ1n) is 7.81. The van der Waals surface area contributed by atoms with Crippen molar-refractivity contribution in [1.29, 1.82) is 0 Å². The van der Waals surface area contributed by atoms with Crippen molar-refractivity contribution in [2.75, 3.05) is 6.61 Å². The van der Waals surface area contributed by atoms with Crippen molar-refractivity contribution in [2.24, 2.45) is 0 Å². The Balaban J connectivity index is 1.77. The van der Waals surface area contributed by atoms with Gasteiger partial charge in [-0.2, -0.15) is 0 Å². The van der Waals surface area contributed by atoms with Crippen molar-refractivity contribution >= 4 is 39.8 Å². The van der Waals surface area contributed by atoms with Crippen molar-refractivity contribution in [2.45, 2.75) is 6.92 Å². The molecule has 0 saturated heterocycles.